The van der Waals surface area contributed by atoms with E-state index in [4.69, 9.17) is 14.2 Å². The Labute approximate surface area is 139 Å². The number of hydrogen-bond donors (Lipinski definition) is 1. The summed E-state index contributed by atoms with van der Waals surface area (Å²) in [5, 5.41) is 12.0. The van der Waals surface area contributed by atoms with E-state index < -0.39 is 0 Å². The molecule has 0 fully saturated rings. The molecular formula is C19H18NO4+. The van der Waals surface area contributed by atoms with Gasteiger partial charge in [-0.3, -0.25) is 0 Å². The Balaban J connectivity index is 1.82. The summed E-state index contributed by atoms with van der Waals surface area (Å²) in [5.41, 5.74) is 2.21. The van der Waals surface area contributed by atoms with Crippen LogP contribution in [0.15, 0.2) is 42.6 Å². The molecule has 1 aromatic heterocycles. The second-order valence-electron chi connectivity index (χ2n) is 5.85. The van der Waals surface area contributed by atoms with Crippen molar-refractivity contribution in [2.24, 2.45) is 7.05 Å². The largest absolute Gasteiger partial charge is 0.504 e. The van der Waals surface area contributed by atoms with Crippen molar-refractivity contribution in [1.82, 2.24) is 0 Å². The van der Waals surface area contributed by atoms with Gasteiger partial charge in [0, 0.05) is 6.07 Å². The number of aromatic nitrogens is 1. The van der Waals surface area contributed by atoms with E-state index in [2.05, 4.69) is 10.6 Å². The first kappa shape index (κ1) is 14.6. The average Bonchev–Trinajstić information content (AvgIpc) is 3.04. The molecule has 3 aromatic rings. The zero-order valence-corrected chi connectivity index (χ0v) is 13.6. The molecule has 1 N–H and O–H groups in total. The molecule has 0 atom stereocenters. The lowest BCUT2D eigenvalue weighted by molar-refractivity contribution is -0.677. The van der Waals surface area contributed by atoms with E-state index in [-0.39, 0.29) is 12.5 Å². The summed E-state index contributed by atoms with van der Waals surface area (Å²) in [6, 6.07) is 11.5. The van der Waals surface area contributed by atoms with Crippen LogP contribution in [0.1, 0.15) is 11.3 Å². The van der Waals surface area contributed by atoms with Crippen molar-refractivity contribution in [2.75, 3.05) is 13.9 Å². The third kappa shape index (κ3) is 2.38. The first-order valence-electron chi connectivity index (χ1n) is 7.72. The van der Waals surface area contributed by atoms with Crippen molar-refractivity contribution in [3.8, 4) is 23.0 Å². The van der Waals surface area contributed by atoms with Crippen molar-refractivity contribution in [3.05, 3.63) is 53.9 Å². The van der Waals surface area contributed by atoms with Crippen LogP contribution in [0.2, 0.25) is 0 Å². The molecule has 0 bridgehead atoms. The molecule has 1 aliphatic heterocycles. The minimum atomic E-state index is 0.145. The topological polar surface area (TPSA) is 51.8 Å². The van der Waals surface area contributed by atoms with E-state index in [0.717, 1.165) is 33.5 Å². The molecule has 1 aliphatic rings. The van der Waals surface area contributed by atoms with Crippen LogP contribution < -0.4 is 18.8 Å². The van der Waals surface area contributed by atoms with E-state index >= 15 is 0 Å². The first-order valence-corrected chi connectivity index (χ1v) is 7.72. The molecule has 5 heteroatoms. The van der Waals surface area contributed by atoms with Crippen LogP contribution in [0.25, 0.3) is 10.8 Å². The highest BCUT2D eigenvalue weighted by Crippen LogP contribution is 2.37. The van der Waals surface area contributed by atoms with Gasteiger partial charge in [-0.15, -0.1) is 0 Å². The van der Waals surface area contributed by atoms with Gasteiger partial charge in [-0.1, -0.05) is 6.07 Å². The van der Waals surface area contributed by atoms with Gasteiger partial charge < -0.3 is 19.3 Å². The third-order valence-electron chi connectivity index (χ3n) is 4.37. The fraction of sp³-hybridized carbons (Fsp3) is 0.211. The van der Waals surface area contributed by atoms with Gasteiger partial charge in [-0.2, -0.15) is 0 Å². The maximum Gasteiger partial charge on any atom is 0.231 e. The quantitative estimate of drug-likeness (QED) is 0.753. The molecule has 5 nitrogen and oxygen atoms in total. The number of methoxy groups -OCH3 is 1. The molecule has 0 spiro atoms. The number of fused-ring (bicyclic) bond motifs is 2. The summed E-state index contributed by atoms with van der Waals surface area (Å²) in [6.45, 7) is 0.266. The van der Waals surface area contributed by atoms with Crippen LogP contribution in [-0.2, 0) is 13.5 Å². The first-order chi connectivity index (χ1) is 11.7. The van der Waals surface area contributed by atoms with E-state index in [1.54, 1.807) is 13.2 Å². The van der Waals surface area contributed by atoms with Crippen molar-refractivity contribution in [3.63, 3.8) is 0 Å². The predicted molar refractivity (Wildman–Crippen MR) is 88.7 cm³/mol. The smallest absolute Gasteiger partial charge is 0.231 e. The number of phenolic OH excluding ortho intramolecular Hbond substituents is 1. The van der Waals surface area contributed by atoms with Gasteiger partial charge in [0.1, 0.15) is 7.05 Å². The molecule has 0 saturated heterocycles. The minimum absolute atomic E-state index is 0.145. The molecule has 0 aliphatic carbocycles. The maximum atomic E-state index is 9.77. The molecule has 122 valence electrons. The summed E-state index contributed by atoms with van der Waals surface area (Å²) in [7, 11) is 3.58. The zero-order chi connectivity index (χ0) is 16.7. The van der Waals surface area contributed by atoms with E-state index in [0.29, 0.717) is 12.2 Å². The van der Waals surface area contributed by atoms with Gasteiger partial charge in [0.05, 0.1) is 18.9 Å². The third-order valence-corrected chi connectivity index (χ3v) is 4.37. The second kappa shape index (κ2) is 5.60. The highest BCUT2D eigenvalue weighted by molar-refractivity contribution is 5.87. The number of ether oxygens (including phenoxy) is 3. The van der Waals surface area contributed by atoms with Crippen LogP contribution in [0, 0.1) is 0 Å². The monoisotopic (exact) mass is 324 g/mol. The molecule has 0 radical (unpaired) electrons. The van der Waals surface area contributed by atoms with E-state index in [1.807, 2.05) is 37.5 Å². The summed E-state index contributed by atoms with van der Waals surface area (Å²) in [4.78, 5) is 0. The van der Waals surface area contributed by atoms with E-state index in [1.165, 1.54) is 0 Å². The Bertz CT molecular complexity index is 936. The van der Waals surface area contributed by atoms with Gasteiger partial charge in [0.2, 0.25) is 6.79 Å². The van der Waals surface area contributed by atoms with Crippen molar-refractivity contribution in [2.45, 2.75) is 6.42 Å². The van der Waals surface area contributed by atoms with Gasteiger partial charge in [0.25, 0.3) is 0 Å². The Morgan fingerprint density at radius 1 is 1.12 bits per heavy atom. The number of benzene rings is 2. The Hall–Kier alpha value is -2.95. The lowest BCUT2D eigenvalue weighted by Gasteiger charge is -2.08. The fourth-order valence-corrected chi connectivity index (χ4v) is 3.06. The van der Waals surface area contributed by atoms with Crippen LogP contribution in [0.5, 0.6) is 23.0 Å². The minimum Gasteiger partial charge on any atom is -0.504 e. The van der Waals surface area contributed by atoms with Crippen LogP contribution in [-0.4, -0.2) is 19.0 Å². The summed E-state index contributed by atoms with van der Waals surface area (Å²) in [5.74, 6) is 2.19. The average molecular weight is 324 g/mol. The molecule has 0 unspecified atom stereocenters. The molecular weight excluding hydrogens is 306 g/mol. The van der Waals surface area contributed by atoms with Crippen molar-refractivity contribution in [1.29, 1.82) is 0 Å². The van der Waals surface area contributed by atoms with Crippen molar-refractivity contribution < 1.29 is 23.9 Å². The normalized spacial score (nSPS) is 12.6. The van der Waals surface area contributed by atoms with Crippen LogP contribution in [0.4, 0.5) is 0 Å². The molecule has 4 rings (SSSR count). The second-order valence-corrected chi connectivity index (χ2v) is 5.85. The fourth-order valence-electron chi connectivity index (χ4n) is 3.06. The highest BCUT2D eigenvalue weighted by Gasteiger charge is 2.20. The van der Waals surface area contributed by atoms with Crippen LogP contribution >= 0.6 is 0 Å². The number of hydrogen-bond acceptors (Lipinski definition) is 4. The molecule has 2 heterocycles. The molecule has 0 amide bonds. The number of pyridine rings is 1. The lowest BCUT2D eigenvalue weighted by atomic mass is 10.0. The Morgan fingerprint density at radius 3 is 2.71 bits per heavy atom. The van der Waals surface area contributed by atoms with Gasteiger partial charge in [-0.25, -0.2) is 4.57 Å². The van der Waals surface area contributed by atoms with Gasteiger partial charge >= 0.3 is 0 Å². The SMILES string of the molecule is COc1cc(Cc2c3cc4c(cc3cc[n+]2C)OCO4)ccc1O. The predicted octanol–water partition coefficient (Wildman–Crippen LogP) is 2.70. The van der Waals surface area contributed by atoms with Crippen molar-refractivity contribution >= 4 is 10.8 Å². The van der Waals surface area contributed by atoms with Crippen LogP contribution in [0.3, 0.4) is 0 Å². The summed E-state index contributed by atoms with van der Waals surface area (Å²) < 4.78 is 18.3. The number of aromatic hydroxyl groups is 1. The number of phenols is 1. The van der Waals surface area contributed by atoms with Gasteiger partial charge in [0.15, 0.2) is 34.9 Å². The van der Waals surface area contributed by atoms with Gasteiger partial charge in [-0.05, 0) is 35.2 Å². The number of rotatable bonds is 3. The van der Waals surface area contributed by atoms with E-state index in [9.17, 15) is 5.11 Å². The summed E-state index contributed by atoms with van der Waals surface area (Å²) >= 11 is 0. The highest BCUT2D eigenvalue weighted by atomic mass is 16.7. The molecule has 0 saturated carbocycles. The summed E-state index contributed by atoms with van der Waals surface area (Å²) in [6.07, 6.45) is 2.75. The number of aryl methyl sites for hydroxylation is 1. The Kier molecular flexibility index (Phi) is 3.41. The Morgan fingerprint density at radius 2 is 1.92 bits per heavy atom. The number of nitrogens with zero attached hydrogens (tertiary/aromatic N) is 1. The standard InChI is InChI=1S/C19H17NO4/c1-20-6-5-13-9-18-19(24-11-23-18)10-14(13)15(20)7-12-3-4-16(21)17(8-12)22-2/h3-6,8-10H,7,11H2,1-2H3/p+1. The lowest BCUT2D eigenvalue weighted by Crippen LogP contribution is -2.33. The zero-order valence-electron chi connectivity index (χ0n) is 13.6. The molecule has 2 aromatic carbocycles. The molecule has 24 heavy (non-hydrogen) atoms. The maximum absolute atomic E-state index is 9.77.